The summed E-state index contributed by atoms with van der Waals surface area (Å²) in [7, 11) is 0. The number of nitriles is 1. The molecule has 0 aliphatic carbocycles. The average Bonchev–Trinajstić information content (AvgIpc) is 2.30. The first-order chi connectivity index (χ1) is 7.79. The molecule has 0 spiro atoms. The fourth-order valence-electron chi connectivity index (χ4n) is 1.20. The number of benzene rings is 1. The van der Waals surface area contributed by atoms with E-state index >= 15 is 0 Å². The Labute approximate surface area is 106 Å². The quantitative estimate of drug-likeness (QED) is 0.842. The maximum absolute atomic E-state index is 8.94. The highest BCUT2D eigenvalue weighted by Crippen LogP contribution is 2.29. The smallest absolute Gasteiger partial charge is 0.119 e. The van der Waals surface area contributed by atoms with Crippen LogP contribution in [0.15, 0.2) is 57.0 Å². The molecular formula is C12H7BrN2S. The molecule has 0 radical (unpaired) electrons. The minimum absolute atomic E-state index is 0.604. The van der Waals surface area contributed by atoms with E-state index in [0.29, 0.717) is 5.56 Å². The Morgan fingerprint density at radius 2 is 2.12 bits per heavy atom. The molecule has 0 aliphatic heterocycles. The van der Waals surface area contributed by atoms with Crippen LogP contribution >= 0.6 is 27.7 Å². The van der Waals surface area contributed by atoms with E-state index in [1.165, 1.54) is 11.8 Å². The zero-order chi connectivity index (χ0) is 11.4. The fraction of sp³-hybridized carbons (Fsp3) is 0. The van der Waals surface area contributed by atoms with E-state index in [9.17, 15) is 0 Å². The first kappa shape index (κ1) is 11.2. The van der Waals surface area contributed by atoms with Crippen LogP contribution in [0.2, 0.25) is 0 Å². The zero-order valence-corrected chi connectivity index (χ0v) is 10.6. The summed E-state index contributed by atoms with van der Waals surface area (Å²) in [5.41, 5.74) is 0.604. The molecule has 1 aromatic heterocycles. The van der Waals surface area contributed by atoms with Gasteiger partial charge in [0.2, 0.25) is 0 Å². The lowest BCUT2D eigenvalue weighted by Gasteiger charge is -2.02. The molecule has 0 fully saturated rings. The lowest BCUT2D eigenvalue weighted by molar-refractivity contribution is 1.11. The van der Waals surface area contributed by atoms with Gasteiger partial charge in [0.25, 0.3) is 0 Å². The van der Waals surface area contributed by atoms with Crippen molar-refractivity contribution in [2.24, 2.45) is 0 Å². The molecular weight excluding hydrogens is 284 g/mol. The Morgan fingerprint density at radius 1 is 1.25 bits per heavy atom. The molecule has 2 aromatic rings. The van der Waals surface area contributed by atoms with Gasteiger partial charge in [0.1, 0.15) is 11.1 Å². The molecule has 78 valence electrons. The summed E-state index contributed by atoms with van der Waals surface area (Å²) in [5.74, 6) is 0. The highest BCUT2D eigenvalue weighted by Gasteiger charge is 2.04. The molecule has 16 heavy (non-hydrogen) atoms. The van der Waals surface area contributed by atoms with Gasteiger partial charge in [-0.05, 0) is 30.3 Å². The fourth-order valence-corrected chi connectivity index (χ4v) is 2.64. The molecule has 2 rings (SSSR count). The number of rotatable bonds is 2. The van der Waals surface area contributed by atoms with Crippen molar-refractivity contribution in [3.8, 4) is 6.07 Å². The zero-order valence-electron chi connectivity index (χ0n) is 8.22. The van der Waals surface area contributed by atoms with Crippen LogP contribution in [0.4, 0.5) is 0 Å². The molecule has 4 heteroatoms. The topological polar surface area (TPSA) is 36.7 Å². The van der Waals surface area contributed by atoms with Crippen molar-refractivity contribution in [3.05, 3.63) is 52.6 Å². The lowest BCUT2D eigenvalue weighted by atomic mass is 10.3. The number of hydrogen-bond donors (Lipinski definition) is 0. The van der Waals surface area contributed by atoms with Crippen molar-refractivity contribution in [1.29, 1.82) is 5.26 Å². The van der Waals surface area contributed by atoms with Gasteiger partial charge >= 0.3 is 0 Å². The highest BCUT2D eigenvalue weighted by atomic mass is 79.9. The molecule has 2 nitrogen and oxygen atoms in total. The molecule has 0 amide bonds. The minimum atomic E-state index is 0.604. The molecule has 0 atom stereocenters. The van der Waals surface area contributed by atoms with Crippen LogP contribution in [-0.4, -0.2) is 4.98 Å². The van der Waals surface area contributed by atoms with Gasteiger partial charge < -0.3 is 0 Å². The van der Waals surface area contributed by atoms with E-state index in [2.05, 4.69) is 27.0 Å². The van der Waals surface area contributed by atoms with Crippen LogP contribution in [0.1, 0.15) is 5.56 Å². The molecule has 0 unspecified atom stereocenters. The summed E-state index contributed by atoms with van der Waals surface area (Å²) in [6.07, 6.45) is 1.70. The van der Waals surface area contributed by atoms with Gasteiger partial charge in [-0.1, -0.05) is 33.8 Å². The van der Waals surface area contributed by atoms with E-state index in [1.54, 1.807) is 18.3 Å². The third-order valence-electron chi connectivity index (χ3n) is 1.90. The molecule has 0 saturated heterocycles. The van der Waals surface area contributed by atoms with Crippen LogP contribution < -0.4 is 0 Å². The molecule has 0 saturated carbocycles. The van der Waals surface area contributed by atoms with Gasteiger partial charge in [0.05, 0.1) is 5.56 Å². The van der Waals surface area contributed by atoms with Gasteiger partial charge in [-0.15, -0.1) is 0 Å². The molecule has 1 aromatic carbocycles. The number of halogens is 1. The predicted molar refractivity (Wildman–Crippen MR) is 67.2 cm³/mol. The number of aromatic nitrogens is 1. The van der Waals surface area contributed by atoms with Crippen molar-refractivity contribution in [2.45, 2.75) is 9.92 Å². The van der Waals surface area contributed by atoms with Gasteiger partial charge in [-0.3, -0.25) is 0 Å². The largest absolute Gasteiger partial charge is 0.248 e. The Bertz CT molecular complexity index is 549. The van der Waals surface area contributed by atoms with Crippen molar-refractivity contribution in [3.63, 3.8) is 0 Å². The summed E-state index contributed by atoms with van der Waals surface area (Å²) in [4.78, 5) is 5.26. The Hall–Kier alpha value is -1.31. The first-order valence-electron chi connectivity index (χ1n) is 4.58. The van der Waals surface area contributed by atoms with Crippen LogP contribution in [0.5, 0.6) is 0 Å². The molecule has 0 bridgehead atoms. The highest BCUT2D eigenvalue weighted by molar-refractivity contribution is 9.10. The lowest BCUT2D eigenvalue weighted by Crippen LogP contribution is -1.84. The monoisotopic (exact) mass is 290 g/mol. The molecule has 1 heterocycles. The van der Waals surface area contributed by atoms with Crippen molar-refractivity contribution < 1.29 is 0 Å². The van der Waals surface area contributed by atoms with E-state index in [0.717, 1.165) is 14.4 Å². The predicted octanol–water partition coefficient (Wildman–Crippen LogP) is 3.87. The second kappa shape index (κ2) is 5.15. The second-order valence-corrected chi connectivity index (χ2v) is 5.01. The van der Waals surface area contributed by atoms with Gasteiger partial charge in [-0.2, -0.15) is 5.26 Å². The van der Waals surface area contributed by atoms with E-state index in [4.69, 9.17) is 5.26 Å². The third-order valence-corrected chi connectivity index (χ3v) is 3.40. The minimum Gasteiger partial charge on any atom is -0.248 e. The van der Waals surface area contributed by atoms with Crippen molar-refractivity contribution in [2.75, 3.05) is 0 Å². The van der Waals surface area contributed by atoms with Gasteiger partial charge in [-0.25, -0.2) is 4.98 Å². The van der Waals surface area contributed by atoms with E-state index in [-0.39, 0.29) is 0 Å². The van der Waals surface area contributed by atoms with Crippen LogP contribution in [0.25, 0.3) is 0 Å². The summed E-state index contributed by atoms with van der Waals surface area (Å²) in [6, 6.07) is 13.6. The van der Waals surface area contributed by atoms with Crippen LogP contribution in [0, 0.1) is 11.3 Å². The molecule has 0 N–H and O–H groups in total. The van der Waals surface area contributed by atoms with Crippen LogP contribution in [-0.2, 0) is 0 Å². The van der Waals surface area contributed by atoms with E-state index in [1.807, 2.05) is 24.3 Å². The van der Waals surface area contributed by atoms with Crippen LogP contribution in [0.3, 0.4) is 0 Å². The second-order valence-electron chi connectivity index (χ2n) is 3.03. The van der Waals surface area contributed by atoms with Gasteiger partial charge in [0.15, 0.2) is 0 Å². The maximum Gasteiger partial charge on any atom is 0.119 e. The summed E-state index contributed by atoms with van der Waals surface area (Å²) in [5, 5.41) is 9.68. The first-order valence-corrected chi connectivity index (χ1v) is 6.19. The summed E-state index contributed by atoms with van der Waals surface area (Å²) >= 11 is 4.90. The number of hydrogen-bond acceptors (Lipinski definition) is 3. The average molecular weight is 291 g/mol. The van der Waals surface area contributed by atoms with Crippen molar-refractivity contribution in [1.82, 2.24) is 4.98 Å². The Balaban J connectivity index is 2.31. The SMILES string of the molecule is N#Cc1cccnc1Sc1cccc(Br)c1. The summed E-state index contributed by atoms with van der Waals surface area (Å²) < 4.78 is 1.02. The van der Waals surface area contributed by atoms with Gasteiger partial charge in [0, 0.05) is 15.6 Å². The standard InChI is InChI=1S/C12H7BrN2S/c13-10-4-1-5-11(7-10)16-12-9(8-14)3-2-6-15-12/h1-7H. The Morgan fingerprint density at radius 3 is 2.88 bits per heavy atom. The normalized spacial score (nSPS) is 9.75. The van der Waals surface area contributed by atoms with E-state index < -0.39 is 0 Å². The molecule has 0 aliphatic rings. The number of pyridine rings is 1. The number of nitrogens with zero attached hydrogens (tertiary/aromatic N) is 2. The van der Waals surface area contributed by atoms with Crippen molar-refractivity contribution >= 4 is 27.7 Å². The maximum atomic E-state index is 8.94. The third kappa shape index (κ3) is 2.63. The Kier molecular flexibility index (Phi) is 3.60. The summed E-state index contributed by atoms with van der Waals surface area (Å²) in [6.45, 7) is 0.